The first-order valence-electron chi connectivity index (χ1n) is 9.37. The van der Waals surface area contributed by atoms with Gasteiger partial charge in [-0.15, -0.1) is 0 Å². The molecule has 0 saturated carbocycles. The zero-order chi connectivity index (χ0) is 22.3. The second-order valence-electron chi connectivity index (χ2n) is 6.62. The standard InChI is InChI=1S/C21H23N3O6/c1-4-15-8-10-17(11-9-15)23-19(25)14(3)30-21(27)13(2)22-20(26)16-6-5-7-18(12-16)24(28)29/h5-14H,4H2,1-3H3,(H,22,26)(H,23,25)/t13-,14?/m0/s1. The Morgan fingerprint density at radius 1 is 1.10 bits per heavy atom. The normalized spacial score (nSPS) is 12.4. The summed E-state index contributed by atoms with van der Waals surface area (Å²) in [5.41, 5.74) is 1.49. The third-order valence-electron chi connectivity index (χ3n) is 4.31. The van der Waals surface area contributed by atoms with Crippen LogP contribution in [0.3, 0.4) is 0 Å². The third-order valence-corrected chi connectivity index (χ3v) is 4.31. The Hall–Kier alpha value is -3.75. The number of anilines is 1. The molecule has 0 aliphatic rings. The van der Waals surface area contributed by atoms with Crippen LogP contribution in [0.5, 0.6) is 0 Å². The number of benzene rings is 2. The van der Waals surface area contributed by atoms with Gasteiger partial charge in [0.15, 0.2) is 6.10 Å². The maximum atomic E-state index is 12.2. The lowest BCUT2D eigenvalue weighted by Crippen LogP contribution is -2.42. The van der Waals surface area contributed by atoms with Crippen molar-refractivity contribution in [2.45, 2.75) is 39.3 Å². The lowest BCUT2D eigenvalue weighted by Gasteiger charge is -2.17. The number of non-ortho nitro benzene ring substituents is 1. The van der Waals surface area contributed by atoms with Crippen LogP contribution >= 0.6 is 0 Å². The Kier molecular flexibility index (Phi) is 7.62. The second kappa shape index (κ2) is 10.1. The summed E-state index contributed by atoms with van der Waals surface area (Å²) in [6.45, 7) is 4.84. The highest BCUT2D eigenvalue weighted by molar-refractivity contribution is 5.98. The highest BCUT2D eigenvalue weighted by atomic mass is 16.6. The van der Waals surface area contributed by atoms with E-state index in [4.69, 9.17) is 4.74 Å². The van der Waals surface area contributed by atoms with Crippen LogP contribution in [0, 0.1) is 10.1 Å². The summed E-state index contributed by atoms with van der Waals surface area (Å²) in [6.07, 6.45) is -0.206. The molecular weight excluding hydrogens is 390 g/mol. The molecule has 0 fully saturated rings. The van der Waals surface area contributed by atoms with Crippen LogP contribution in [-0.4, -0.2) is 34.9 Å². The molecule has 0 radical (unpaired) electrons. The summed E-state index contributed by atoms with van der Waals surface area (Å²) < 4.78 is 5.12. The van der Waals surface area contributed by atoms with Gasteiger partial charge in [-0.05, 0) is 44.0 Å². The molecule has 0 saturated heterocycles. The lowest BCUT2D eigenvalue weighted by atomic mass is 10.1. The van der Waals surface area contributed by atoms with E-state index in [1.54, 1.807) is 12.1 Å². The van der Waals surface area contributed by atoms with Gasteiger partial charge in [0.05, 0.1) is 4.92 Å². The fraction of sp³-hybridized carbons (Fsp3) is 0.286. The first kappa shape index (κ1) is 22.5. The topological polar surface area (TPSA) is 128 Å². The number of hydrogen-bond donors (Lipinski definition) is 2. The van der Waals surface area contributed by atoms with Crippen molar-refractivity contribution >= 4 is 29.2 Å². The maximum Gasteiger partial charge on any atom is 0.329 e. The number of ether oxygens (including phenoxy) is 1. The Morgan fingerprint density at radius 3 is 2.37 bits per heavy atom. The summed E-state index contributed by atoms with van der Waals surface area (Å²) in [4.78, 5) is 46.9. The number of esters is 1. The average Bonchev–Trinajstić information content (AvgIpc) is 2.74. The van der Waals surface area contributed by atoms with Crippen LogP contribution in [0.15, 0.2) is 48.5 Å². The minimum atomic E-state index is -1.08. The molecule has 0 heterocycles. The van der Waals surface area contributed by atoms with Crippen LogP contribution in [-0.2, 0) is 20.7 Å². The molecule has 0 spiro atoms. The molecule has 2 N–H and O–H groups in total. The van der Waals surface area contributed by atoms with Gasteiger partial charge in [0.2, 0.25) is 0 Å². The van der Waals surface area contributed by atoms with Gasteiger partial charge < -0.3 is 15.4 Å². The molecule has 158 valence electrons. The number of nitro groups is 1. The van der Waals surface area contributed by atoms with Crippen LogP contribution in [0.2, 0.25) is 0 Å². The molecule has 2 atom stereocenters. The lowest BCUT2D eigenvalue weighted by molar-refractivity contribution is -0.384. The van der Waals surface area contributed by atoms with Gasteiger partial charge in [-0.25, -0.2) is 4.79 Å². The number of aryl methyl sites for hydroxylation is 1. The smallest absolute Gasteiger partial charge is 0.329 e. The highest BCUT2D eigenvalue weighted by Crippen LogP contribution is 2.14. The van der Waals surface area contributed by atoms with E-state index in [0.717, 1.165) is 18.1 Å². The van der Waals surface area contributed by atoms with Crippen molar-refractivity contribution in [3.05, 3.63) is 69.8 Å². The number of nitrogens with zero attached hydrogens (tertiary/aromatic N) is 1. The van der Waals surface area contributed by atoms with Gasteiger partial charge in [0.25, 0.3) is 17.5 Å². The second-order valence-corrected chi connectivity index (χ2v) is 6.62. The van der Waals surface area contributed by atoms with E-state index in [1.165, 1.54) is 32.0 Å². The van der Waals surface area contributed by atoms with Crippen molar-refractivity contribution in [1.29, 1.82) is 0 Å². The Bertz CT molecular complexity index is 942. The zero-order valence-electron chi connectivity index (χ0n) is 16.9. The third kappa shape index (κ3) is 6.13. The van der Waals surface area contributed by atoms with Crippen molar-refractivity contribution in [2.24, 2.45) is 0 Å². The number of nitro benzene ring substituents is 1. The predicted molar refractivity (Wildman–Crippen MR) is 110 cm³/mol. The highest BCUT2D eigenvalue weighted by Gasteiger charge is 2.24. The summed E-state index contributed by atoms with van der Waals surface area (Å²) in [5.74, 6) is -1.99. The first-order valence-corrected chi connectivity index (χ1v) is 9.37. The van der Waals surface area contributed by atoms with Gasteiger partial charge >= 0.3 is 5.97 Å². The Morgan fingerprint density at radius 2 is 1.77 bits per heavy atom. The SMILES string of the molecule is CCc1ccc(NC(=O)C(C)OC(=O)[C@H](C)NC(=O)c2cccc([N+](=O)[O-])c2)cc1. The van der Waals surface area contributed by atoms with E-state index < -0.39 is 34.9 Å². The number of amides is 2. The summed E-state index contributed by atoms with van der Waals surface area (Å²) >= 11 is 0. The largest absolute Gasteiger partial charge is 0.451 e. The molecule has 0 aliphatic heterocycles. The fourth-order valence-corrected chi connectivity index (χ4v) is 2.50. The van der Waals surface area contributed by atoms with Crippen molar-refractivity contribution in [2.75, 3.05) is 5.32 Å². The van der Waals surface area contributed by atoms with Crippen LogP contribution in [0.25, 0.3) is 0 Å². The number of carbonyl (C=O) groups is 3. The average molecular weight is 413 g/mol. The molecule has 9 nitrogen and oxygen atoms in total. The van der Waals surface area contributed by atoms with Gasteiger partial charge in [-0.2, -0.15) is 0 Å². The van der Waals surface area contributed by atoms with Crippen LogP contribution < -0.4 is 10.6 Å². The number of hydrogen-bond acceptors (Lipinski definition) is 6. The Labute approximate surface area is 173 Å². The van der Waals surface area contributed by atoms with E-state index in [9.17, 15) is 24.5 Å². The number of rotatable bonds is 8. The molecule has 2 amide bonds. The maximum absolute atomic E-state index is 12.2. The van der Waals surface area contributed by atoms with Crippen molar-refractivity contribution in [3.63, 3.8) is 0 Å². The van der Waals surface area contributed by atoms with Crippen molar-refractivity contribution in [1.82, 2.24) is 5.32 Å². The van der Waals surface area contributed by atoms with Gasteiger partial charge in [0, 0.05) is 23.4 Å². The molecule has 30 heavy (non-hydrogen) atoms. The van der Waals surface area contributed by atoms with E-state index in [2.05, 4.69) is 10.6 Å². The van der Waals surface area contributed by atoms with Crippen molar-refractivity contribution in [3.8, 4) is 0 Å². The summed E-state index contributed by atoms with van der Waals surface area (Å²) in [7, 11) is 0. The van der Waals surface area contributed by atoms with E-state index in [0.29, 0.717) is 5.69 Å². The number of carbonyl (C=O) groups excluding carboxylic acids is 3. The van der Waals surface area contributed by atoms with Gasteiger partial charge in [0.1, 0.15) is 6.04 Å². The minimum absolute atomic E-state index is 0.0326. The fourth-order valence-electron chi connectivity index (χ4n) is 2.50. The zero-order valence-corrected chi connectivity index (χ0v) is 16.9. The molecule has 2 aromatic carbocycles. The number of nitrogens with one attached hydrogen (secondary N) is 2. The minimum Gasteiger partial charge on any atom is -0.451 e. The van der Waals surface area contributed by atoms with Gasteiger partial charge in [-0.1, -0.05) is 25.1 Å². The Balaban J connectivity index is 1.90. The quantitative estimate of drug-likeness (QED) is 0.389. The first-order chi connectivity index (χ1) is 14.2. The summed E-state index contributed by atoms with van der Waals surface area (Å²) in [5, 5.41) is 15.9. The molecule has 0 bridgehead atoms. The van der Waals surface area contributed by atoms with Crippen LogP contribution in [0.1, 0.15) is 36.7 Å². The molecular formula is C21H23N3O6. The molecule has 0 aromatic heterocycles. The monoisotopic (exact) mass is 413 g/mol. The summed E-state index contributed by atoms with van der Waals surface area (Å²) in [6, 6.07) is 11.3. The molecule has 0 aliphatic carbocycles. The predicted octanol–water partition coefficient (Wildman–Crippen LogP) is 2.85. The molecule has 9 heteroatoms. The van der Waals surface area contributed by atoms with E-state index in [1.807, 2.05) is 19.1 Å². The van der Waals surface area contributed by atoms with Crippen molar-refractivity contribution < 1.29 is 24.0 Å². The van der Waals surface area contributed by atoms with Crippen LogP contribution in [0.4, 0.5) is 11.4 Å². The molecule has 2 aromatic rings. The molecule has 2 rings (SSSR count). The van der Waals surface area contributed by atoms with E-state index in [-0.39, 0.29) is 11.3 Å². The van der Waals surface area contributed by atoms with E-state index >= 15 is 0 Å². The van der Waals surface area contributed by atoms with Gasteiger partial charge in [-0.3, -0.25) is 19.7 Å². The molecule has 1 unspecified atom stereocenters.